The molecule has 1 heterocycles. The topological polar surface area (TPSA) is 139 Å². The number of hydrogen-bond donors (Lipinski definition) is 2. The molecule has 2 N–H and O–H groups in total. The molecule has 0 saturated carbocycles. The molecule has 0 saturated heterocycles. The van der Waals surface area contributed by atoms with E-state index in [1.54, 1.807) is 24.3 Å². The zero-order valence-corrected chi connectivity index (χ0v) is 16.4. The maximum absolute atomic E-state index is 12.5. The summed E-state index contributed by atoms with van der Waals surface area (Å²) in [4.78, 5) is 22.8. The Labute approximate surface area is 177 Å². The van der Waals surface area contributed by atoms with Crippen LogP contribution >= 0.6 is 0 Å². The normalized spacial score (nSPS) is 10.9. The minimum absolute atomic E-state index is 0.115. The van der Waals surface area contributed by atoms with E-state index >= 15 is 0 Å². The number of nitriles is 1. The number of amides is 1. The molecule has 2 aromatic carbocycles. The van der Waals surface area contributed by atoms with Crippen LogP contribution in [0.5, 0.6) is 11.5 Å². The number of aromatic hydroxyl groups is 1. The number of nitrogens with zero attached hydrogens (tertiary/aromatic N) is 2. The van der Waals surface area contributed by atoms with E-state index in [-0.39, 0.29) is 34.1 Å². The fraction of sp³-hybridized carbons (Fsp3) is 0.0909. The van der Waals surface area contributed by atoms with Crippen molar-refractivity contribution in [1.29, 1.82) is 5.26 Å². The van der Waals surface area contributed by atoms with E-state index in [1.165, 1.54) is 36.4 Å². The molecule has 1 amide bonds. The van der Waals surface area contributed by atoms with Crippen molar-refractivity contribution in [2.75, 3.05) is 11.9 Å². The molecule has 0 aliphatic carbocycles. The smallest absolute Gasteiger partial charge is 0.270 e. The third-order valence-electron chi connectivity index (χ3n) is 4.14. The average molecular weight is 419 g/mol. The lowest BCUT2D eigenvalue weighted by molar-refractivity contribution is -0.384. The summed E-state index contributed by atoms with van der Waals surface area (Å²) >= 11 is 0. The molecule has 0 aliphatic rings. The molecule has 31 heavy (non-hydrogen) atoms. The first-order valence-corrected chi connectivity index (χ1v) is 9.15. The van der Waals surface area contributed by atoms with E-state index in [0.717, 1.165) is 0 Å². The van der Waals surface area contributed by atoms with Gasteiger partial charge in [0.15, 0.2) is 0 Å². The molecule has 0 atom stereocenters. The second-order valence-electron chi connectivity index (χ2n) is 6.25. The van der Waals surface area contributed by atoms with Crippen LogP contribution in [0, 0.1) is 21.4 Å². The van der Waals surface area contributed by atoms with Crippen LogP contribution in [0.2, 0.25) is 0 Å². The standard InChI is InChI=1S/C22H17N3O6/c1-2-30-17-5-3-4-15(11-17)24-22(27)14(13-23)10-18-7-9-21(31-18)19-12-16(25(28)29)6-8-20(19)26/h3-12,26H,2H2,1H3,(H,24,27)/b14-10-. The van der Waals surface area contributed by atoms with Gasteiger partial charge >= 0.3 is 0 Å². The monoisotopic (exact) mass is 419 g/mol. The van der Waals surface area contributed by atoms with Crippen molar-refractivity contribution in [2.24, 2.45) is 0 Å². The van der Waals surface area contributed by atoms with E-state index in [2.05, 4.69) is 5.32 Å². The first-order valence-electron chi connectivity index (χ1n) is 9.15. The van der Waals surface area contributed by atoms with Crippen molar-refractivity contribution in [3.05, 3.63) is 76.0 Å². The highest BCUT2D eigenvalue weighted by atomic mass is 16.6. The summed E-state index contributed by atoms with van der Waals surface area (Å²) < 4.78 is 10.9. The lowest BCUT2D eigenvalue weighted by Crippen LogP contribution is -2.13. The number of phenolic OH excluding ortho intramolecular Hbond substituents is 1. The highest BCUT2D eigenvalue weighted by molar-refractivity contribution is 6.09. The fourth-order valence-electron chi connectivity index (χ4n) is 2.73. The summed E-state index contributed by atoms with van der Waals surface area (Å²) in [5.41, 5.74) is 0.141. The molecule has 0 aliphatic heterocycles. The molecule has 9 nitrogen and oxygen atoms in total. The summed E-state index contributed by atoms with van der Waals surface area (Å²) in [6.45, 7) is 2.31. The molecule has 0 fully saturated rings. The predicted octanol–water partition coefficient (Wildman–Crippen LogP) is 4.50. The number of nitro benzene ring substituents is 1. The molecule has 0 unspecified atom stereocenters. The average Bonchev–Trinajstić information content (AvgIpc) is 3.21. The summed E-state index contributed by atoms with van der Waals surface area (Å²) in [6, 6.07) is 15.0. The van der Waals surface area contributed by atoms with Crippen LogP contribution < -0.4 is 10.1 Å². The fourth-order valence-corrected chi connectivity index (χ4v) is 2.73. The van der Waals surface area contributed by atoms with Crippen LogP contribution in [0.15, 0.2) is 64.6 Å². The number of nitrogens with one attached hydrogen (secondary N) is 1. The van der Waals surface area contributed by atoms with Crippen molar-refractivity contribution in [3.8, 4) is 28.9 Å². The van der Waals surface area contributed by atoms with Gasteiger partial charge in [0.1, 0.15) is 34.7 Å². The number of non-ortho nitro benzene ring substituents is 1. The summed E-state index contributed by atoms with van der Waals surface area (Å²) in [5, 5.41) is 33.0. The summed E-state index contributed by atoms with van der Waals surface area (Å²) in [5.74, 6) is 0.0377. The molecule has 0 radical (unpaired) electrons. The number of rotatable bonds is 7. The maximum Gasteiger partial charge on any atom is 0.270 e. The van der Waals surface area contributed by atoms with Crippen LogP contribution in [-0.4, -0.2) is 22.5 Å². The molecule has 0 spiro atoms. The van der Waals surface area contributed by atoms with Gasteiger partial charge in [-0.2, -0.15) is 5.26 Å². The third kappa shape index (κ3) is 5.07. The number of benzene rings is 2. The van der Waals surface area contributed by atoms with Crippen LogP contribution in [-0.2, 0) is 4.79 Å². The second-order valence-corrected chi connectivity index (χ2v) is 6.25. The van der Waals surface area contributed by atoms with Crippen molar-refractivity contribution < 1.29 is 24.0 Å². The van der Waals surface area contributed by atoms with Gasteiger partial charge < -0.3 is 19.6 Å². The number of ether oxygens (including phenoxy) is 1. The van der Waals surface area contributed by atoms with E-state index in [1.807, 2.05) is 13.0 Å². The van der Waals surface area contributed by atoms with Crippen LogP contribution in [0.4, 0.5) is 11.4 Å². The van der Waals surface area contributed by atoms with Gasteiger partial charge in [-0.15, -0.1) is 0 Å². The van der Waals surface area contributed by atoms with E-state index in [4.69, 9.17) is 9.15 Å². The quantitative estimate of drug-likeness (QED) is 0.249. The molecular weight excluding hydrogens is 402 g/mol. The number of hydrogen-bond acceptors (Lipinski definition) is 7. The largest absolute Gasteiger partial charge is 0.507 e. The van der Waals surface area contributed by atoms with Gasteiger partial charge in [-0.05, 0) is 37.3 Å². The Morgan fingerprint density at radius 2 is 2.10 bits per heavy atom. The zero-order chi connectivity index (χ0) is 22.4. The number of phenols is 1. The second kappa shape index (κ2) is 9.28. The Hall–Kier alpha value is -4.58. The minimum Gasteiger partial charge on any atom is -0.507 e. The van der Waals surface area contributed by atoms with Gasteiger partial charge in [-0.25, -0.2) is 0 Å². The Bertz CT molecular complexity index is 1210. The van der Waals surface area contributed by atoms with Crippen molar-refractivity contribution in [3.63, 3.8) is 0 Å². The highest BCUT2D eigenvalue weighted by Gasteiger charge is 2.16. The number of carbonyl (C=O) groups excluding carboxylic acids is 1. The van der Waals surface area contributed by atoms with Crippen LogP contribution in [0.25, 0.3) is 17.4 Å². The highest BCUT2D eigenvalue weighted by Crippen LogP contribution is 2.34. The number of furan rings is 1. The molecule has 3 rings (SSSR count). The van der Waals surface area contributed by atoms with E-state index < -0.39 is 10.8 Å². The Morgan fingerprint density at radius 3 is 2.81 bits per heavy atom. The first-order chi connectivity index (χ1) is 14.9. The van der Waals surface area contributed by atoms with Gasteiger partial charge in [-0.3, -0.25) is 14.9 Å². The van der Waals surface area contributed by atoms with Crippen molar-refractivity contribution in [1.82, 2.24) is 0 Å². The van der Waals surface area contributed by atoms with Crippen LogP contribution in [0.3, 0.4) is 0 Å². The van der Waals surface area contributed by atoms with Gasteiger partial charge in [-0.1, -0.05) is 6.07 Å². The molecular formula is C22H17N3O6. The molecule has 9 heteroatoms. The molecule has 0 bridgehead atoms. The lowest BCUT2D eigenvalue weighted by Gasteiger charge is -2.07. The predicted molar refractivity (Wildman–Crippen MR) is 112 cm³/mol. The molecule has 3 aromatic rings. The lowest BCUT2D eigenvalue weighted by atomic mass is 10.1. The van der Waals surface area contributed by atoms with Gasteiger partial charge in [0.2, 0.25) is 0 Å². The zero-order valence-electron chi connectivity index (χ0n) is 16.4. The number of nitro groups is 1. The van der Waals surface area contributed by atoms with Gasteiger partial charge in [0.05, 0.1) is 17.1 Å². The van der Waals surface area contributed by atoms with Crippen molar-refractivity contribution in [2.45, 2.75) is 6.92 Å². The van der Waals surface area contributed by atoms with Gasteiger partial charge in [0.25, 0.3) is 11.6 Å². The van der Waals surface area contributed by atoms with Crippen LogP contribution in [0.1, 0.15) is 12.7 Å². The molecule has 1 aromatic heterocycles. The number of anilines is 1. The number of carbonyl (C=O) groups is 1. The maximum atomic E-state index is 12.5. The summed E-state index contributed by atoms with van der Waals surface area (Å²) in [6.07, 6.45) is 1.24. The van der Waals surface area contributed by atoms with E-state index in [9.17, 15) is 25.3 Å². The molecule has 156 valence electrons. The van der Waals surface area contributed by atoms with Gasteiger partial charge in [0, 0.05) is 30.0 Å². The minimum atomic E-state index is -0.646. The Balaban J connectivity index is 1.83. The third-order valence-corrected chi connectivity index (χ3v) is 4.14. The Kier molecular flexibility index (Phi) is 6.33. The van der Waals surface area contributed by atoms with E-state index in [0.29, 0.717) is 18.0 Å². The Morgan fingerprint density at radius 1 is 1.29 bits per heavy atom. The summed E-state index contributed by atoms with van der Waals surface area (Å²) in [7, 11) is 0. The van der Waals surface area contributed by atoms with Crippen molar-refractivity contribution >= 4 is 23.4 Å². The SMILES string of the molecule is CCOc1cccc(NC(=O)/C(C#N)=C\c2ccc(-c3cc([N+](=O)[O-])ccc3O)o2)c1. The first kappa shape index (κ1) is 21.1.